The minimum absolute atomic E-state index is 0. The number of nitrogens with one attached hydrogen (secondary N) is 3. The van der Waals surface area contributed by atoms with Gasteiger partial charge in [0.05, 0.1) is 4.88 Å². The normalized spacial score (nSPS) is 15.2. The maximum Gasteiger partial charge on any atom is 0.265 e. The van der Waals surface area contributed by atoms with Crippen LogP contribution in [0.3, 0.4) is 0 Å². The van der Waals surface area contributed by atoms with Crippen molar-refractivity contribution in [3.8, 4) is 0 Å². The Labute approximate surface area is 178 Å². The summed E-state index contributed by atoms with van der Waals surface area (Å²) in [5, 5.41) is 15.4. The molecule has 3 heterocycles. The highest BCUT2D eigenvalue weighted by atomic mass is 35.5. The molecule has 1 fully saturated rings. The van der Waals surface area contributed by atoms with E-state index >= 15 is 0 Å². The van der Waals surface area contributed by atoms with Gasteiger partial charge in [-0.15, -0.1) is 23.7 Å². The van der Waals surface area contributed by atoms with Crippen LogP contribution in [0.15, 0.2) is 60.2 Å². The number of hydrogen-bond donors (Lipinski definition) is 3. The third kappa shape index (κ3) is 4.50. The fourth-order valence-corrected chi connectivity index (χ4v) is 4.06. The number of carbonyl (C=O) groups excluding carboxylic acids is 2. The predicted molar refractivity (Wildman–Crippen MR) is 117 cm³/mol. The minimum atomic E-state index is -0.717. The Bertz CT molecular complexity index is 953. The summed E-state index contributed by atoms with van der Waals surface area (Å²) in [5.41, 5.74) is 0.555. The van der Waals surface area contributed by atoms with Gasteiger partial charge in [0, 0.05) is 23.8 Å². The second kappa shape index (κ2) is 9.21. The van der Waals surface area contributed by atoms with Crippen molar-refractivity contribution in [2.45, 2.75) is 18.4 Å². The maximum absolute atomic E-state index is 13.2. The smallest absolute Gasteiger partial charge is 0.265 e. The largest absolute Gasteiger partial charge is 0.324 e. The van der Waals surface area contributed by atoms with Gasteiger partial charge in [-0.25, -0.2) is 0 Å². The SMILES string of the molecule is Cl.O=C(Nc1cccc(NC(=O)C2(n3cccn3)CCNCC2)c1)c1cccs1. The molecule has 0 aliphatic carbocycles. The molecule has 0 spiro atoms. The molecule has 2 amide bonds. The van der Waals surface area contributed by atoms with Crippen LogP contribution in [-0.2, 0) is 10.3 Å². The average molecular weight is 432 g/mol. The number of halogens is 1. The summed E-state index contributed by atoms with van der Waals surface area (Å²) in [4.78, 5) is 26.1. The van der Waals surface area contributed by atoms with Gasteiger partial charge in [-0.1, -0.05) is 12.1 Å². The van der Waals surface area contributed by atoms with Crippen molar-refractivity contribution in [1.29, 1.82) is 0 Å². The molecular formula is C20H22ClN5O2S. The molecule has 4 rings (SSSR count). The summed E-state index contributed by atoms with van der Waals surface area (Å²) in [6.45, 7) is 1.51. The number of piperidine rings is 1. The van der Waals surface area contributed by atoms with E-state index in [-0.39, 0.29) is 24.2 Å². The molecular weight excluding hydrogens is 410 g/mol. The Balaban J connectivity index is 0.00000240. The molecule has 29 heavy (non-hydrogen) atoms. The van der Waals surface area contributed by atoms with Crippen molar-refractivity contribution in [2.24, 2.45) is 0 Å². The number of anilines is 2. The van der Waals surface area contributed by atoms with Crippen LogP contribution in [0.1, 0.15) is 22.5 Å². The zero-order chi connectivity index (χ0) is 19.4. The molecule has 9 heteroatoms. The molecule has 3 aromatic rings. The second-order valence-corrected chi connectivity index (χ2v) is 7.65. The minimum Gasteiger partial charge on any atom is -0.324 e. The van der Waals surface area contributed by atoms with Crippen LogP contribution < -0.4 is 16.0 Å². The molecule has 0 atom stereocenters. The van der Waals surface area contributed by atoms with E-state index in [0.29, 0.717) is 29.1 Å². The highest BCUT2D eigenvalue weighted by Gasteiger charge is 2.42. The van der Waals surface area contributed by atoms with E-state index in [1.807, 2.05) is 35.8 Å². The molecule has 1 aliphatic heterocycles. The molecule has 0 bridgehead atoms. The van der Waals surface area contributed by atoms with E-state index < -0.39 is 5.54 Å². The Hall–Kier alpha value is -2.68. The molecule has 0 radical (unpaired) electrons. The van der Waals surface area contributed by atoms with Crippen LogP contribution in [0.2, 0.25) is 0 Å². The molecule has 3 N–H and O–H groups in total. The Morgan fingerprint density at radius 2 is 1.83 bits per heavy atom. The van der Waals surface area contributed by atoms with Gasteiger partial charge in [-0.05, 0) is 61.6 Å². The van der Waals surface area contributed by atoms with Crippen molar-refractivity contribution in [3.05, 3.63) is 65.1 Å². The zero-order valence-electron chi connectivity index (χ0n) is 15.6. The van der Waals surface area contributed by atoms with Crippen molar-refractivity contribution in [1.82, 2.24) is 15.1 Å². The fraction of sp³-hybridized carbons (Fsp3) is 0.250. The summed E-state index contributed by atoms with van der Waals surface area (Å²) < 4.78 is 1.76. The molecule has 7 nitrogen and oxygen atoms in total. The molecule has 1 aliphatic rings. The number of nitrogens with zero attached hydrogens (tertiary/aromatic N) is 2. The van der Waals surface area contributed by atoms with Gasteiger partial charge in [-0.2, -0.15) is 5.10 Å². The van der Waals surface area contributed by atoms with E-state index in [0.717, 1.165) is 13.1 Å². The lowest BCUT2D eigenvalue weighted by Crippen LogP contribution is -2.52. The van der Waals surface area contributed by atoms with Gasteiger partial charge >= 0.3 is 0 Å². The van der Waals surface area contributed by atoms with Crippen molar-refractivity contribution < 1.29 is 9.59 Å². The van der Waals surface area contributed by atoms with Crippen molar-refractivity contribution in [3.63, 3.8) is 0 Å². The number of thiophene rings is 1. The number of hydrogen-bond acceptors (Lipinski definition) is 5. The molecule has 1 aromatic carbocycles. The van der Waals surface area contributed by atoms with Crippen LogP contribution in [0.5, 0.6) is 0 Å². The summed E-state index contributed by atoms with van der Waals surface area (Å²) >= 11 is 1.38. The van der Waals surface area contributed by atoms with E-state index in [2.05, 4.69) is 21.0 Å². The van der Waals surface area contributed by atoms with Crippen molar-refractivity contribution >= 4 is 46.9 Å². The first kappa shape index (κ1) is 21.0. The average Bonchev–Trinajstić information content (AvgIpc) is 3.43. The van der Waals surface area contributed by atoms with E-state index in [9.17, 15) is 9.59 Å². The van der Waals surface area contributed by atoms with Crippen LogP contribution in [0, 0.1) is 0 Å². The van der Waals surface area contributed by atoms with Gasteiger partial charge < -0.3 is 16.0 Å². The van der Waals surface area contributed by atoms with Gasteiger partial charge in [0.2, 0.25) is 0 Å². The quantitative estimate of drug-likeness (QED) is 0.578. The highest BCUT2D eigenvalue weighted by Crippen LogP contribution is 2.29. The van der Waals surface area contributed by atoms with E-state index in [1.165, 1.54) is 11.3 Å². The number of rotatable bonds is 5. The number of aromatic nitrogens is 2. The Kier molecular flexibility index (Phi) is 6.68. The molecule has 0 saturated carbocycles. The summed E-state index contributed by atoms with van der Waals surface area (Å²) in [6, 6.07) is 12.6. The van der Waals surface area contributed by atoms with E-state index in [1.54, 1.807) is 29.1 Å². The molecule has 2 aromatic heterocycles. The summed E-state index contributed by atoms with van der Waals surface area (Å²) in [7, 11) is 0. The fourth-order valence-electron chi connectivity index (χ4n) is 3.45. The van der Waals surface area contributed by atoms with E-state index in [4.69, 9.17) is 0 Å². The lowest BCUT2D eigenvalue weighted by Gasteiger charge is -2.36. The monoisotopic (exact) mass is 431 g/mol. The lowest BCUT2D eigenvalue weighted by atomic mass is 9.87. The summed E-state index contributed by atoms with van der Waals surface area (Å²) in [5.74, 6) is -0.260. The lowest BCUT2D eigenvalue weighted by molar-refractivity contribution is -0.126. The number of amides is 2. The van der Waals surface area contributed by atoms with Crippen LogP contribution in [-0.4, -0.2) is 34.7 Å². The Morgan fingerprint density at radius 3 is 2.48 bits per heavy atom. The zero-order valence-corrected chi connectivity index (χ0v) is 17.3. The molecule has 0 unspecified atom stereocenters. The number of benzene rings is 1. The first-order valence-electron chi connectivity index (χ1n) is 9.15. The van der Waals surface area contributed by atoms with Crippen molar-refractivity contribution in [2.75, 3.05) is 23.7 Å². The van der Waals surface area contributed by atoms with Gasteiger partial charge in [0.1, 0.15) is 5.54 Å². The highest BCUT2D eigenvalue weighted by molar-refractivity contribution is 7.12. The third-order valence-electron chi connectivity index (χ3n) is 4.92. The molecule has 152 valence electrons. The predicted octanol–water partition coefficient (Wildman–Crippen LogP) is 3.34. The second-order valence-electron chi connectivity index (χ2n) is 6.70. The van der Waals surface area contributed by atoms with Gasteiger partial charge in [0.25, 0.3) is 11.8 Å². The van der Waals surface area contributed by atoms with Crippen LogP contribution in [0.4, 0.5) is 11.4 Å². The maximum atomic E-state index is 13.2. The third-order valence-corrected chi connectivity index (χ3v) is 5.79. The number of carbonyl (C=O) groups is 2. The van der Waals surface area contributed by atoms with Gasteiger partial charge in [0.15, 0.2) is 0 Å². The molecule has 1 saturated heterocycles. The topological polar surface area (TPSA) is 88.1 Å². The first-order chi connectivity index (χ1) is 13.7. The van der Waals surface area contributed by atoms with Crippen LogP contribution >= 0.6 is 23.7 Å². The van der Waals surface area contributed by atoms with Crippen LogP contribution in [0.25, 0.3) is 0 Å². The summed E-state index contributed by atoms with van der Waals surface area (Å²) in [6.07, 6.45) is 4.85. The first-order valence-corrected chi connectivity index (χ1v) is 10.0. The van der Waals surface area contributed by atoms with Gasteiger partial charge in [-0.3, -0.25) is 14.3 Å². The Morgan fingerprint density at radius 1 is 1.07 bits per heavy atom. The standard InChI is InChI=1S/C20H21N5O2S.ClH/c26-18(17-6-2-13-28-17)23-15-4-1-5-16(14-15)24-19(27)20(7-10-21-11-8-20)25-12-3-9-22-25;/h1-6,9,12-14,21H,7-8,10-11H2,(H,23,26)(H,24,27);1H.